The van der Waals surface area contributed by atoms with E-state index in [9.17, 15) is 0 Å². The van der Waals surface area contributed by atoms with Gasteiger partial charge in [-0.25, -0.2) is 9.97 Å². The number of para-hydroxylation sites is 4. The van der Waals surface area contributed by atoms with Gasteiger partial charge in [0.2, 0.25) is 33.4 Å². The van der Waals surface area contributed by atoms with Crippen molar-refractivity contribution in [3.8, 4) is 11.4 Å². The van der Waals surface area contributed by atoms with Gasteiger partial charge in [0.05, 0.1) is 11.4 Å². The van der Waals surface area contributed by atoms with Crippen LogP contribution in [0.15, 0.2) is 212 Å². The second kappa shape index (κ2) is 22.1. The Bertz CT molecular complexity index is 3600. The molecule has 360 valence electrons. The van der Waals surface area contributed by atoms with Crippen molar-refractivity contribution in [3.63, 3.8) is 0 Å². The maximum absolute atomic E-state index is 5.14. The smallest absolute Gasteiger partial charge is 0.239 e. The first kappa shape index (κ1) is 50.0. The van der Waals surface area contributed by atoms with Gasteiger partial charge in [-0.15, -0.1) is 9.13 Å². The molecule has 0 bridgehead atoms. The molecule has 0 saturated heterocycles. The van der Waals surface area contributed by atoms with Gasteiger partial charge in [0, 0.05) is 131 Å². The van der Waals surface area contributed by atoms with Gasteiger partial charge in [-0.3, -0.25) is 0 Å². The van der Waals surface area contributed by atoms with Gasteiger partial charge < -0.3 is 55.5 Å². The summed E-state index contributed by atoms with van der Waals surface area (Å²) in [5.74, 6) is 0. The first-order valence-electron chi connectivity index (χ1n) is 23.4. The molecule has 3 N–H and O–H groups in total. The summed E-state index contributed by atoms with van der Waals surface area (Å²) in [5.41, 5.74) is 19.6. The van der Waals surface area contributed by atoms with E-state index in [0.29, 0.717) is 0 Å². The molecular formula is C60H56Cl2N10. The van der Waals surface area contributed by atoms with Crippen LogP contribution in [0.4, 0.5) is 51.2 Å². The lowest BCUT2D eigenvalue weighted by Crippen LogP contribution is -3.00. The lowest BCUT2D eigenvalue weighted by atomic mass is 10.1. The minimum Gasteiger partial charge on any atom is -1.00 e. The second-order valence-corrected chi connectivity index (χ2v) is 17.8. The van der Waals surface area contributed by atoms with Crippen LogP contribution < -0.4 is 64.6 Å². The van der Waals surface area contributed by atoms with Gasteiger partial charge in [-0.2, -0.15) is 0 Å². The zero-order valence-corrected chi connectivity index (χ0v) is 42.6. The number of benzene rings is 9. The Labute approximate surface area is 433 Å². The van der Waals surface area contributed by atoms with Crippen molar-refractivity contribution < 1.29 is 33.9 Å². The maximum atomic E-state index is 5.14. The number of nitrogens with zero attached hydrogens (tertiary/aromatic N) is 7. The largest absolute Gasteiger partial charge is 1.00 e. The van der Waals surface area contributed by atoms with Crippen LogP contribution in [0.5, 0.6) is 0 Å². The summed E-state index contributed by atoms with van der Waals surface area (Å²) in [6.07, 6.45) is 0. The first-order valence-corrected chi connectivity index (χ1v) is 23.4. The minimum absolute atomic E-state index is 0. The molecule has 9 aromatic carbocycles. The molecule has 0 aliphatic heterocycles. The number of fused-ring (bicyclic) bond motifs is 4. The normalized spacial score (nSPS) is 10.7. The molecule has 0 unspecified atom stereocenters. The van der Waals surface area contributed by atoms with E-state index >= 15 is 0 Å². The van der Waals surface area contributed by atoms with Crippen LogP contribution in [0.3, 0.4) is 0 Å². The van der Waals surface area contributed by atoms with Gasteiger partial charge in [0.15, 0.2) is 0 Å². The third-order valence-corrected chi connectivity index (χ3v) is 12.3. The van der Waals surface area contributed by atoms with Crippen LogP contribution in [0.2, 0.25) is 0 Å². The fourth-order valence-electron chi connectivity index (χ4n) is 8.65. The van der Waals surface area contributed by atoms with Crippen LogP contribution >= 0.6 is 0 Å². The minimum atomic E-state index is 0. The van der Waals surface area contributed by atoms with E-state index in [2.05, 4.69) is 232 Å². The molecule has 0 aliphatic rings. The van der Waals surface area contributed by atoms with Crippen molar-refractivity contribution in [2.75, 3.05) is 72.9 Å². The van der Waals surface area contributed by atoms with Crippen molar-refractivity contribution in [1.82, 2.24) is 9.97 Å². The average molecular weight is 988 g/mol. The molecule has 0 saturated carbocycles. The zero-order valence-electron chi connectivity index (χ0n) is 41.1. The Balaban J connectivity index is 0.000000194. The third-order valence-electron chi connectivity index (χ3n) is 12.3. The van der Waals surface area contributed by atoms with Gasteiger partial charge >= 0.3 is 0 Å². The molecule has 11 rings (SSSR count). The Morgan fingerprint density at radius 3 is 1.12 bits per heavy atom. The molecule has 0 spiro atoms. The Morgan fingerprint density at radius 1 is 0.306 bits per heavy atom. The molecule has 2 heterocycles. The Kier molecular flexibility index (Phi) is 15.3. The molecule has 11 aromatic rings. The molecule has 2 aromatic heterocycles. The highest BCUT2D eigenvalue weighted by Crippen LogP contribution is 2.34. The lowest BCUT2D eigenvalue weighted by molar-refractivity contribution is -0.538. The number of rotatable bonds is 11. The number of hydrogen-bond donors (Lipinski definition) is 3. The van der Waals surface area contributed by atoms with Gasteiger partial charge in [0.1, 0.15) is 22.1 Å². The van der Waals surface area contributed by atoms with Crippen LogP contribution in [-0.2, 0) is 0 Å². The highest BCUT2D eigenvalue weighted by Gasteiger charge is 2.24. The zero-order chi connectivity index (χ0) is 48.1. The van der Waals surface area contributed by atoms with E-state index in [-0.39, 0.29) is 24.8 Å². The summed E-state index contributed by atoms with van der Waals surface area (Å²) in [5, 5.41) is 10.8. The predicted molar refractivity (Wildman–Crippen MR) is 294 cm³/mol. The van der Waals surface area contributed by atoms with Crippen LogP contribution in [-0.4, -0.2) is 52.3 Å². The van der Waals surface area contributed by atoms with E-state index < -0.39 is 0 Å². The number of aromatic nitrogens is 4. The topological polar surface area (TPSA) is 79.3 Å². The third kappa shape index (κ3) is 10.8. The van der Waals surface area contributed by atoms with E-state index in [1.54, 1.807) is 0 Å². The molecule has 0 atom stereocenters. The van der Waals surface area contributed by atoms with Gasteiger partial charge in [-0.05, 0) is 91.0 Å². The summed E-state index contributed by atoms with van der Waals surface area (Å²) >= 11 is 0. The van der Waals surface area contributed by atoms with E-state index in [0.717, 1.165) is 107 Å². The molecule has 12 heteroatoms. The molecule has 0 radical (unpaired) electrons. The van der Waals surface area contributed by atoms with Crippen molar-refractivity contribution in [2.45, 2.75) is 0 Å². The number of hydrogen-bond acceptors (Lipinski definition) is 8. The number of halogens is 2. The summed E-state index contributed by atoms with van der Waals surface area (Å²) in [7, 11) is 12.3. The average Bonchev–Trinajstić information content (AvgIpc) is 3.38. The van der Waals surface area contributed by atoms with Crippen molar-refractivity contribution in [1.29, 1.82) is 0 Å². The van der Waals surface area contributed by atoms with Crippen LogP contribution in [0.1, 0.15) is 0 Å². The summed E-state index contributed by atoms with van der Waals surface area (Å²) in [6, 6.07) is 73.4. The molecule has 72 heavy (non-hydrogen) atoms. The highest BCUT2D eigenvalue weighted by molar-refractivity contribution is 5.93. The van der Waals surface area contributed by atoms with E-state index in [1.807, 2.05) is 62.6 Å². The maximum Gasteiger partial charge on any atom is 0.239 e. The van der Waals surface area contributed by atoms with Crippen molar-refractivity contribution >= 4 is 95.3 Å². The SMILES string of the molecule is CN(C)c1ccc(Nc2cc3nc4ccc(N(C)C)cc4[n+](-c4ccccc4)c3cc2Nc2ccccc2)cc1.CN(C)c1ccc2nc3ccc(Nc4ccccc4)cc3[n+](-c3ccccc3)c2c1.[Cl-].[Cl-]. The first-order chi connectivity index (χ1) is 34.1. The second-order valence-electron chi connectivity index (χ2n) is 17.8. The summed E-state index contributed by atoms with van der Waals surface area (Å²) in [6.45, 7) is 0. The molecule has 0 fully saturated rings. The number of anilines is 9. The molecular weight excluding hydrogens is 932 g/mol. The summed E-state index contributed by atoms with van der Waals surface area (Å²) < 4.78 is 4.59. The fraction of sp³-hybridized carbons (Fsp3) is 0.100. The van der Waals surface area contributed by atoms with Gasteiger partial charge in [0.25, 0.3) is 0 Å². The van der Waals surface area contributed by atoms with Gasteiger partial charge in [-0.1, -0.05) is 72.8 Å². The van der Waals surface area contributed by atoms with E-state index in [1.165, 1.54) is 0 Å². The lowest BCUT2D eigenvalue weighted by Gasteiger charge is -2.17. The van der Waals surface area contributed by atoms with Crippen LogP contribution in [0.25, 0.3) is 55.5 Å². The monoisotopic (exact) mass is 986 g/mol. The van der Waals surface area contributed by atoms with E-state index in [4.69, 9.17) is 9.97 Å². The van der Waals surface area contributed by atoms with Crippen molar-refractivity contribution in [3.05, 3.63) is 212 Å². The standard InChI is InChI=1S/C34H32N6.C26H22N4.2ClH/c1-38(2)26-17-15-25(16-18-26)36-30-22-32-34(23-31(30)35-24-11-7-5-8-12-24)40(27-13-9-6-10-14-27)33-21-28(39(3)4)19-20-29(33)37-32;1-29(2)22-14-16-24-26(18-22)30(21-11-7-4-8-12-21)25-17-20(13-15-23(25)28-24)27-19-9-5-3-6-10-19;;/h5-23H,1-4H3,(H,36,37);3-18H,1-2H3;2*1H. The Hall–Kier alpha value is -8.44. The highest BCUT2D eigenvalue weighted by atomic mass is 35.5. The quantitative estimate of drug-likeness (QED) is 0.0971. The molecule has 0 amide bonds. The molecule has 10 nitrogen and oxygen atoms in total. The van der Waals surface area contributed by atoms with Crippen molar-refractivity contribution in [2.24, 2.45) is 0 Å². The number of nitrogens with one attached hydrogen (secondary N) is 3. The predicted octanol–water partition coefficient (Wildman–Crippen LogP) is 6.77. The van der Waals surface area contributed by atoms with Crippen LogP contribution in [0, 0.1) is 0 Å². The Morgan fingerprint density at radius 2 is 0.653 bits per heavy atom. The fourth-order valence-corrected chi connectivity index (χ4v) is 8.65. The summed E-state index contributed by atoms with van der Waals surface area (Å²) in [4.78, 5) is 16.4. The molecule has 0 aliphatic carbocycles.